The molecule has 2 heterocycles. The Kier molecular flexibility index (Phi) is 6.91. The average Bonchev–Trinajstić information content (AvgIpc) is 3.06. The summed E-state index contributed by atoms with van der Waals surface area (Å²) in [5, 5.41) is 0. The van der Waals surface area contributed by atoms with Crippen LogP contribution in [0, 0.1) is 0 Å². The molecule has 2 fully saturated rings. The highest BCUT2D eigenvalue weighted by Crippen LogP contribution is 2.11. The van der Waals surface area contributed by atoms with E-state index < -0.39 is 12.2 Å². The molecule has 0 aromatic heterocycles. The second-order valence-electron chi connectivity index (χ2n) is 4.95. The Morgan fingerprint density at radius 3 is 1.67 bits per heavy atom. The number of carbonyl (C=O) groups is 2. The molecule has 2 atom stereocenters. The van der Waals surface area contributed by atoms with E-state index in [-0.39, 0.29) is 11.9 Å². The summed E-state index contributed by atoms with van der Waals surface area (Å²) >= 11 is 0. The third-order valence-corrected chi connectivity index (χ3v) is 3.28. The first-order valence-electron chi connectivity index (χ1n) is 7.41. The first kappa shape index (κ1) is 16.2. The van der Waals surface area contributed by atoms with Crippen LogP contribution in [0.15, 0.2) is 0 Å². The van der Waals surface area contributed by atoms with E-state index in [0.29, 0.717) is 52.5 Å². The SMILES string of the molecule is O=C1OCCC1OCCCOCCCOC1CCOC1=O. The molecule has 7 heteroatoms. The highest BCUT2D eigenvalue weighted by atomic mass is 16.6. The second-order valence-corrected chi connectivity index (χ2v) is 4.95. The summed E-state index contributed by atoms with van der Waals surface area (Å²) in [7, 11) is 0. The maximum atomic E-state index is 11.1. The van der Waals surface area contributed by atoms with Crippen molar-refractivity contribution in [3.8, 4) is 0 Å². The van der Waals surface area contributed by atoms with Gasteiger partial charge < -0.3 is 23.7 Å². The summed E-state index contributed by atoms with van der Waals surface area (Å²) < 4.78 is 25.8. The van der Waals surface area contributed by atoms with E-state index in [1.165, 1.54) is 0 Å². The van der Waals surface area contributed by atoms with Crippen molar-refractivity contribution in [3.63, 3.8) is 0 Å². The van der Waals surface area contributed by atoms with Crippen LogP contribution in [0.25, 0.3) is 0 Å². The van der Waals surface area contributed by atoms with Gasteiger partial charge in [-0.25, -0.2) is 9.59 Å². The second kappa shape index (κ2) is 8.96. The Balaban J connectivity index is 1.35. The maximum absolute atomic E-state index is 11.1. The predicted octanol–water partition coefficient (Wildman–Crippen LogP) is 0.447. The Morgan fingerprint density at radius 2 is 1.29 bits per heavy atom. The summed E-state index contributed by atoms with van der Waals surface area (Å²) in [5.74, 6) is -0.531. The van der Waals surface area contributed by atoms with Crippen LogP contribution in [-0.2, 0) is 33.3 Å². The lowest BCUT2D eigenvalue weighted by molar-refractivity contribution is -0.147. The highest BCUT2D eigenvalue weighted by molar-refractivity contribution is 5.76. The number of hydrogen-bond donors (Lipinski definition) is 0. The van der Waals surface area contributed by atoms with Crippen LogP contribution >= 0.6 is 0 Å². The smallest absolute Gasteiger partial charge is 0.335 e. The molecule has 7 nitrogen and oxygen atoms in total. The topological polar surface area (TPSA) is 80.3 Å². The van der Waals surface area contributed by atoms with Gasteiger partial charge in [0.15, 0.2) is 12.2 Å². The molecule has 0 bridgehead atoms. The summed E-state index contributed by atoms with van der Waals surface area (Å²) in [6.45, 7) is 3.04. The fourth-order valence-corrected chi connectivity index (χ4v) is 2.13. The zero-order chi connectivity index (χ0) is 14.9. The molecule has 2 aliphatic rings. The Morgan fingerprint density at radius 1 is 0.810 bits per heavy atom. The van der Waals surface area contributed by atoms with Gasteiger partial charge in [-0.3, -0.25) is 0 Å². The minimum absolute atomic E-state index is 0.265. The van der Waals surface area contributed by atoms with Gasteiger partial charge in [-0.15, -0.1) is 0 Å². The minimum atomic E-state index is -0.399. The van der Waals surface area contributed by atoms with Crippen LogP contribution in [-0.4, -0.2) is 63.8 Å². The molecule has 2 saturated heterocycles. The first-order valence-corrected chi connectivity index (χ1v) is 7.41. The number of cyclic esters (lactones) is 2. The quantitative estimate of drug-likeness (QED) is 0.428. The van der Waals surface area contributed by atoms with Crippen LogP contribution in [0.4, 0.5) is 0 Å². The number of esters is 2. The van der Waals surface area contributed by atoms with E-state index in [2.05, 4.69) is 0 Å². The van der Waals surface area contributed by atoms with Gasteiger partial charge in [0.1, 0.15) is 0 Å². The summed E-state index contributed by atoms with van der Waals surface area (Å²) in [6, 6.07) is 0. The van der Waals surface area contributed by atoms with E-state index in [1.807, 2.05) is 0 Å². The number of ether oxygens (including phenoxy) is 5. The molecule has 0 spiro atoms. The monoisotopic (exact) mass is 302 g/mol. The van der Waals surface area contributed by atoms with Crippen molar-refractivity contribution in [2.24, 2.45) is 0 Å². The van der Waals surface area contributed by atoms with Crippen molar-refractivity contribution in [2.45, 2.75) is 37.9 Å². The number of rotatable bonds is 10. The Labute approximate surface area is 123 Å². The molecular weight excluding hydrogens is 280 g/mol. The van der Waals surface area contributed by atoms with Gasteiger partial charge in [0.2, 0.25) is 0 Å². The van der Waals surface area contributed by atoms with Gasteiger partial charge in [0, 0.05) is 39.3 Å². The van der Waals surface area contributed by atoms with Crippen molar-refractivity contribution in [2.75, 3.05) is 39.6 Å². The molecule has 0 radical (unpaired) electrons. The molecule has 0 N–H and O–H groups in total. The van der Waals surface area contributed by atoms with Crippen molar-refractivity contribution in [1.82, 2.24) is 0 Å². The lowest BCUT2D eigenvalue weighted by atomic mass is 10.3. The zero-order valence-electron chi connectivity index (χ0n) is 12.1. The molecule has 2 unspecified atom stereocenters. The fourth-order valence-electron chi connectivity index (χ4n) is 2.13. The molecule has 0 saturated carbocycles. The Hall–Kier alpha value is -1.18. The molecule has 0 aliphatic carbocycles. The predicted molar refractivity (Wildman–Crippen MR) is 70.7 cm³/mol. The molecule has 0 aromatic carbocycles. The molecule has 0 aromatic rings. The maximum Gasteiger partial charge on any atom is 0.335 e. The van der Waals surface area contributed by atoms with Crippen molar-refractivity contribution in [3.05, 3.63) is 0 Å². The molecule has 2 rings (SSSR count). The van der Waals surface area contributed by atoms with Crippen LogP contribution in [0.3, 0.4) is 0 Å². The first-order chi connectivity index (χ1) is 10.3. The van der Waals surface area contributed by atoms with Gasteiger partial charge in [0.05, 0.1) is 13.2 Å². The van der Waals surface area contributed by atoms with Crippen molar-refractivity contribution < 1.29 is 33.3 Å². The van der Waals surface area contributed by atoms with Gasteiger partial charge in [-0.05, 0) is 12.8 Å². The summed E-state index contributed by atoms with van der Waals surface area (Å²) in [4.78, 5) is 22.2. The van der Waals surface area contributed by atoms with Gasteiger partial charge in [-0.1, -0.05) is 0 Å². The summed E-state index contributed by atoms with van der Waals surface area (Å²) in [5.41, 5.74) is 0. The van der Waals surface area contributed by atoms with Crippen molar-refractivity contribution >= 4 is 11.9 Å². The highest BCUT2D eigenvalue weighted by Gasteiger charge is 2.27. The fraction of sp³-hybridized carbons (Fsp3) is 0.857. The zero-order valence-corrected chi connectivity index (χ0v) is 12.1. The third kappa shape index (κ3) is 5.61. The van der Waals surface area contributed by atoms with E-state index in [0.717, 1.165) is 12.8 Å². The van der Waals surface area contributed by atoms with Gasteiger partial charge in [0.25, 0.3) is 0 Å². The largest absolute Gasteiger partial charge is 0.464 e. The lowest BCUT2D eigenvalue weighted by Crippen LogP contribution is -2.20. The van der Waals surface area contributed by atoms with E-state index in [9.17, 15) is 9.59 Å². The molecule has 2 aliphatic heterocycles. The molecule has 21 heavy (non-hydrogen) atoms. The van der Waals surface area contributed by atoms with E-state index >= 15 is 0 Å². The van der Waals surface area contributed by atoms with Gasteiger partial charge in [-0.2, -0.15) is 0 Å². The van der Waals surface area contributed by atoms with Crippen LogP contribution in [0.5, 0.6) is 0 Å². The summed E-state index contributed by atoms with van der Waals surface area (Å²) in [6.07, 6.45) is 1.95. The van der Waals surface area contributed by atoms with E-state index in [4.69, 9.17) is 23.7 Å². The van der Waals surface area contributed by atoms with Gasteiger partial charge >= 0.3 is 11.9 Å². The molecular formula is C14H22O7. The average molecular weight is 302 g/mol. The number of hydrogen-bond acceptors (Lipinski definition) is 7. The van der Waals surface area contributed by atoms with E-state index in [1.54, 1.807) is 0 Å². The number of carbonyl (C=O) groups excluding carboxylic acids is 2. The molecule has 0 amide bonds. The minimum Gasteiger partial charge on any atom is -0.464 e. The molecule has 120 valence electrons. The normalized spacial score (nSPS) is 25.1. The van der Waals surface area contributed by atoms with Crippen molar-refractivity contribution in [1.29, 1.82) is 0 Å². The standard InChI is InChI=1S/C14H22O7/c15-13-11(3-9-20-13)18-7-1-5-17-6-2-8-19-12-4-10-21-14(12)16/h11-12H,1-10H2. The van der Waals surface area contributed by atoms with Crippen LogP contribution < -0.4 is 0 Å². The third-order valence-electron chi connectivity index (χ3n) is 3.28. The Bertz CT molecular complexity index is 312. The van der Waals surface area contributed by atoms with Crippen LogP contribution in [0.2, 0.25) is 0 Å². The van der Waals surface area contributed by atoms with Crippen LogP contribution in [0.1, 0.15) is 25.7 Å². The lowest BCUT2D eigenvalue weighted by Gasteiger charge is -2.09.